The second kappa shape index (κ2) is 8.08. The molecule has 0 saturated carbocycles. The van der Waals surface area contributed by atoms with Gasteiger partial charge in [0.15, 0.2) is 0 Å². The fraction of sp³-hybridized carbons (Fsp3) is 0.278. The first-order chi connectivity index (χ1) is 11.1. The van der Waals surface area contributed by atoms with Crippen LogP contribution in [0.25, 0.3) is 0 Å². The van der Waals surface area contributed by atoms with Crippen LogP contribution in [0.15, 0.2) is 48.5 Å². The SMILES string of the molecule is COc1ccc(OCCN(C)C(=O)Nc2cccc(C)c2)cc1. The van der Waals surface area contributed by atoms with Crippen LogP contribution in [-0.4, -0.2) is 38.2 Å². The molecule has 2 aromatic carbocycles. The van der Waals surface area contributed by atoms with E-state index in [0.717, 1.165) is 22.7 Å². The number of likely N-dealkylation sites (N-methyl/N-ethyl adjacent to an activating group) is 1. The highest BCUT2D eigenvalue weighted by atomic mass is 16.5. The Morgan fingerprint density at radius 1 is 1.13 bits per heavy atom. The third-order valence-corrected chi connectivity index (χ3v) is 3.37. The molecular weight excluding hydrogens is 292 g/mol. The molecule has 0 aliphatic heterocycles. The van der Waals surface area contributed by atoms with E-state index in [1.807, 2.05) is 55.5 Å². The molecule has 0 saturated heterocycles. The Balaban J connectivity index is 1.77. The van der Waals surface area contributed by atoms with E-state index in [1.54, 1.807) is 19.1 Å². The highest BCUT2D eigenvalue weighted by Crippen LogP contribution is 2.17. The largest absolute Gasteiger partial charge is 0.497 e. The smallest absolute Gasteiger partial charge is 0.321 e. The van der Waals surface area contributed by atoms with Crippen molar-refractivity contribution in [3.05, 3.63) is 54.1 Å². The lowest BCUT2D eigenvalue weighted by Gasteiger charge is -2.18. The van der Waals surface area contributed by atoms with Crippen LogP contribution in [0, 0.1) is 6.92 Å². The van der Waals surface area contributed by atoms with E-state index < -0.39 is 0 Å². The van der Waals surface area contributed by atoms with Gasteiger partial charge in [0.2, 0.25) is 0 Å². The summed E-state index contributed by atoms with van der Waals surface area (Å²) < 4.78 is 10.7. The minimum Gasteiger partial charge on any atom is -0.497 e. The molecule has 23 heavy (non-hydrogen) atoms. The van der Waals surface area contributed by atoms with Crippen molar-refractivity contribution >= 4 is 11.7 Å². The van der Waals surface area contributed by atoms with Crippen LogP contribution in [0.5, 0.6) is 11.5 Å². The van der Waals surface area contributed by atoms with Crippen LogP contribution < -0.4 is 14.8 Å². The Labute approximate surface area is 136 Å². The number of nitrogens with one attached hydrogen (secondary N) is 1. The van der Waals surface area contributed by atoms with Gasteiger partial charge in [-0.05, 0) is 48.9 Å². The second-order valence-corrected chi connectivity index (χ2v) is 5.25. The Morgan fingerprint density at radius 3 is 2.48 bits per heavy atom. The first-order valence-electron chi connectivity index (χ1n) is 7.44. The van der Waals surface area contributed by atoms with Gasteiger partial charge >= 0.3 is 6.03 Å². The van der Waals surface area contributed by atoms with E-state index in [4.69, 9.17) is 9.47 Å². The normalized spacial score (nSPS) is 10.0. The number of nitrogens with zero attached hydrogens (tertiary/aromatic N) is 1. The number of carbonyl (C=O) groups excluding carboxylic acids is 1. The van der Waals surface area contributed by atoms with Crippen LogP contribution in [0.2, 0.25) is 0 Å². The van der Waals surface area contributed by atoms with Crippen molar-refractivity contribution in [2.75, 3.05) is 32.6 Å². The van der Waals surface area contributed by atoms with E-state index in [2.05, 4.69) is 5.32 Å². The van der Waals surface area contributed by atoms with Crippen LogP contribution in [0.3, 0.4) is 0 Å². The highest BCUT2D eigenvalue weighted by Gasteiger charge is 2.08. The van der Waals surface area contributed by atoms with Gasteiger partial charge in [0.25, 0.3) is 0 Å². The van der Waals surface area contributed by atoms with Crippen molar-refractivity contribution in [1.29, 1.82) is 0 Å². The lowest BCUT2D eigenvalue weighted by molar-refractivity contribution is 0.207. The number of benzene rings is 2. The number of carbonyl (C=O) groups is 1. The molecular formula is C18H22N2O3. The van der Waals surface area contributed by atoms with Gasteiger partial charge in [-0.1, -0.05) is 12.1 Å². The van der Waals surface area contributed by atoms with Crippen molar-refractivity contribution < 1.29 is 14.3 Å². The highest BCUT2D eigenvalue weighted by molar-refractivity contribution is 5.89. The summed E-state index contributed by atoms with van der Waals surface area (Å²) in [6.07, 6.45) is 0. The number of aryl methyl sites for hydroxylation is 1. The van der Waals surface area contributed by atoms with Crippen molar-refractivity contribution in [2.24, 2.45) is 0 Å². The number of rotatable bonds is 6. The van der Waals surface area contributed by atoms with Crippen LogP contribution in [0.1, 0.15) is 5.56 Å². The van der Waals surface area contributed by atoms with E-state index >= 15 is 0 Å². The topological polar surface area (TPSA) is 50.8 Å². The first-order valence-corrected chi connectivity index (χ1v) is 7.44. The zero-order valence-electron chi connectivity index (χ0n) is 13.7. The maximum absolute atomic E-state index is 12.1. The molecule has 0 spiro atoms. The molecule has 2 aromatic rings. The van der Waals surface area contributed by atoms with Crippen molar-refractivity contribution in [1.82, 2.24) is 4.90 Å². The average Bonchev–Trinajstić information content (AvgIpc) is 2.55. The van der Waals surface area contributed by atoms with Gasteiger partial charge in [0, 0.05) is 12.7 Å². The zero-order chi connectivity index (χ0) is 16.7. The van der Waals surface area contributed by atoms with Crippen LogP contribution >= 0.6 is 0 Å². The number of hydrogen-bond donors (Lipinski definition) is 1. The molecule has 0 atom stereocenters. The van der Waals surface area contributed by atoms with Crippen molar-refractivity contribution in [2.45, 2.75) is 6.92 Å². The predicted molar refractivity (Wildman–Crippen MR) is 91.3 cm³/mol. The fourth-order valence-corrected chi connectivity index (χ4v) is 2.02. The third kappa shape index (κ3) is 5.21. The number of urea groups is 1. The lowest BCUT2D eigenvalue weighted by Crippen LogP contribution is -2.34. The maximum atomic E-state index is 12.1. The van der Waals surface area contributed by atoms with E-state index in [1.165, 1.54) is 0 Å². The van der Waals surface area contributed by atoms with Gasteiger partial charge < -0.3 is 19.7 Å². The van der Waals surface area contributed by atoms with Crippen molar-refractivity contribution in [3.8, 4) is 11.5 Å². The van der Waals surface area contributed by atoms with E-state index in [9.17, 15) is 4.79 Å². The molecule has 0 aliphatic carbocycles. The monoisotopic (exact) mass is 314 g/mol. The summed E-state index contributed by atoms with van der Waals surface area (Å²) in [4.78, 5) is 13.7. The van der Waals surface area contributed by atoms with Gasteiger partial charge in [0.05, 0.1) is 13.7 Å². The number of hydrogen-bond acceptors (Lipinski definition) is 3. The molecule has 0 radical (unpaired) electrons. The van der Waals surface area contributed by atoms with Gasteiger partial charge in [0.1, 0.15) is 18.1 Å². The maximum Gasteiger partial charge on any atom is 0.321 e. The molecule has 1 N–H and O–H groups in total. The minimum absolute atomic E-state index is 0.158. The molecule has 5 heteroatoms. The standard InChI is InChI=1S/C18H22N2O3/c1-14-5-4-6-15(13-14)19-18(21)20(2)11-12-23-17-9-7-16(22-3)8-10-17/h4-10,13H,11-12H2,1-3H3,(H,19,21). The summed E-state index contributed by atoms with van der Waals surface area (Å²) in [5, 5.41) is 2.86. The Morgan fingerprint density at radius 2 is 1.83 bits per heavy atom. The molecule has 2 amide bonds. The number of anilines is 1. The fourth-order valence-electron chi connectivity index (χ4n) is 2.02. The molecule has 0 fully saturated rings. The van der Waals surface area contributed by atoms with E-state index in [0.29, 0.717) is 13.2 Å². The molecule has 0 heterocycles. The number of ether oxygens (including phenoxy) is 2. The zero-order valence-corrected chi connectivity index (χ0v) is 13.7. The van der Waals surface area contributed by atoms with E-state index in [-0.39, 0.29) is 6.03 Å². The first kappa shape index (κ1) is 16.7. The molecule has 0 aromatic heterocycles. The lowest BCUT2D eigenvalue weighted by atomic mass is 10.2. The van der Waals surface area contributed by atoms with Crippen LogP contribution in [-0.2, 0) is 0 Å². The Bertz CT molecular complexity index is 641. The van der Waals surface area contributed by atoms with Gasteiger partial charge in [-0.15, -0.1) is 0 Å². The predicted octanol–water partition coefficient (Wildman–Crippen LogP) is 3.55. The molecule has 0 bridgehead atoms. The van der Waals surface area contributed by atoms with Gasteiger partial charge in [-0.2, -0.15) is 0 Å². The number of amides is 2. The summed E-state index contributed by atoms with van der Waals surface area (Å²) in [6.45, 7) is 2.90. The summed E-state index contributed by atoms with van der Waals surface area (Å²) in [5.41, 5.74) is 1.89. The average molecular weight is 314 g/mol. The Hall–Kier alpha value is -2.69. The van der Waals surface area contributed by atoms with Crippen molar-refractivity contribution in [3.63, 3.8) is 0 Å². The molecule has 0 unspecified atom stereocenters. The Kier molecular flexibility index (Phi) is 5.86. The minimum atomic E-state index is -0.158. The third-order valence-electron chi connectivity index (χ3n) is 3.37. The molecule has 5 nitrogen and oxygen atoms in total. The quantitative estimate of drug-likeness (QED) is 0.887. The van der Waals surface area contributed by atoms with Gasteiger partial charge in [-0.3, -0.25) is 0 Å². The van der Waals surface area contributed by atoms with Crippen LogP contribution in [0.4, 0.5) is 10.5 Å². The molecule has 0 aliphatic rings. The summed E-state index contributed by atoms with van der Waals surface area (Å²) in [7, 11) is 3.36. The van der Waals surface area contributed by atoms with Gasteiger partial charge in [-0.25, -0.2) is 4.79 Å². The molecule has 122 valence electrons. The second-order valence-electron chi connectivity index (χ2n) is 5.25. The summed E-state index contributed by atoms with van der Waals surface area (Å²) >= 11 is 0. The molecule has 2 rings (SSSR count). The number of methoxy groups -OCH3 is 1. The summed E-state index contributed by atoms with van der Waals surface area (Å²) in [5.74, 6) is 1.53. The summed E-state index contributed by atoms with van der Waals surface area (Å²) in [6, 6.07) is 14.9.